The Morgan fingerprint density at radius 1 is 0.297 bits per heavy atom. The van der Waals surface area contributed by atoms with Crippen molar-refractivity contribution in [1.29, 1.82) is 0 Å². The van der Waals surface area contributed by atoms with Gasteiger partial charge in [0.25, 0.3) is 0 Å². The molecule has 1 spiro atoms. The summed E-state index contributed by atoms with van der Waals surface area (Å²) in [5.41, 5.74) is 18.4. The fraction of sp³-hybridized carbons (Fsp3) is 0.164. The van der Waals surface area contributed by atoms with Gasteiger partial charge in [-0.25, -0.2) is 15.0 Å². The van der Waals surface area contributed by atoms with Gasteiger partial charge in [0, 0.05) is 22.1 Å². The predicted molar refractivity (Wildman–Crippen MR) is 261 cm³/mol. The van der Waals surface area contributed by atoms with Crippen LogP contribution in [0.2, 0.25) is 0 Å². The van der Waals surface area contributed by atoms with Crippen molar-refractivity contribution in [2.75, 3.05) is 0 Å². The number of rotatable bonds is 7. The zero-order valence-electron chi connectivity index (χ0n) is 35.7. The van der Waals surface area contributed by atoms with Crippen molar-refractivity contribution in [3.8, 4) is 89.8 Å². The maximum atomic E-state index is 5.34. The molecule has 0 amide bonds. The second-order valence-corrected chi connectivity index (χ2v) is 18.8. The molecule has 9 aromatic rings. The van der Waals surface area contributed by atoms with Crippen molar-refractivity contribution in [3.05, 3.63) is 211 Å². The first-order valence-corrected chi connectivity index (χ1v) is 23.2. The van der Waals surface area contributed by atoms with E-state index in [1.54, 1.807) is 11.1 Å². The summed E-state index contributed by atoms with van der Waals surface area (Å²) >= 11 is 0. The van der Waals surface area contributed by atoms with Gasteiger partial charge in [0.15, 0.2) is 17.5 Å². The van der Waals surface area contributed by atoms with Crippen molar-refractivity contribution in [1.82, 2.24) is 15.0 Å². The molecular formula is C61H47N3. The molecule has 3 nitrogen and oxygen atoms in total. The predicted octanol–water partition coefficient (Wildman–Crippen LogP) is 15.3. The van der Waals surface area contributed by atoms with Gasteiger partial charge in [-0.05, 0) is 141 Å². The zero-order valence-corrected chi connectivity index (χ0v) is 35.7. The van der Waals surface area contributed by atoms with Gasteiger partial charge in [0.2, 0.25) is 0 Å². The Morgan fingerprint density at radius 2 is 0.688 bits per heavy atom. The van der Waals surface area contributed by atoms with Crippen LogP contribution in [-0.4, -0.2) is 15.0 Å². The number of benzene rings is 8. The van der Waals surface area contributed by atoms with E-state index in [9.17, 15) is 0 Å². The van der Waals surface area contributed by atoms with Crippen LogP contribution in [0.3, 0.4) is 0 Å². The van der Waals surface area contributed by atoms with Gasteiger partial charge >= 0.3 is 0 Å². The molecule has 64 heavy (non-hydrogen) atoms. The Balaban J connectivity index is 0.993. The second kappa shape index (κ2) is 15.0. The van der Waals surface area contributed by atoms with E-state index in [2.05, 4.69) is 200 Å². The number of fused-ring (bicyclic) bond motifs is 3. The highest BCUT2D eigenvalue weighted by Crippen LogP contribution is 2.70. The normalized spacial score (nSPS) is 21.2. The van der Waals surface area contributed by atoms with Gasteiger partial charge in [-0.3, -0.25) is 0 Å². The third-order valence-electron chi connectivity index (χ3n) is 15.3. The van der Waals surface area contributed by atoms with Crippen molar-refractivity contribution in [3.63, 3.8) is 0 Å². The van der Waals surface area contributed by atoms with E-state index in [4.69, 9.17) is 15.0 Å². The van der Waals surface area contributed by atoms with Gasteiger partial charge < -0.3 is 0 Å². The number of hydrogen-bond donors (Lipinski definition) is 0. The van der Waals surface area contributed by atoms with E-state index in [-0.39, 0.29) is 5.41 Å². The third-order valence-corrected chi connectivity index (χ3v) is 15.3. The summed E-state index contributed by atoms with van der Waals surface area (Å²) in [6, 6.07) is 72.7. The Kier molecular flexibility index (Phi) is 8.72. The Labute approximate surface area is 375 Å². The van der Waals surface area contributed by atoms with Crippen LogP contribution in [0.4, 0.5) is 0 Å². The van der Waals surface area contributed by atoms with E-state index in [1.807, 2.05) is 0 Å². The highest BCUT2D eigenvalue weighted by Gasteiger charge is 2.61. The lowest BCUT2D eigenvalue weighted by molar-refractivity contribution is -0.0399. The van der Waals surface area contributed by atoms with Crippen molar-refractivity contribution in [2.45, 2.75) is 37.5 Å². The third kappa shape index (κ3) is 6.05. The van der Waals surface area contributed by atoms with E-state index in [0.29, 0.717) is 29.3 Å². The summed E-state index contributed by atoms with van der Waals surface area (Å²) in [6.45, 7) is 0. The smallest absolute Gasteiger partial charge is 0.164 e. The topological polar surface area (TPSA) is 38.7 Å². The molecule has 4 bridgehead atoms. The molecule has 0 saturated heterocycles. The Bertz CT molecular complexity index is 3060. The highest BCUT2D eigenvalue weighted by atomic mass is 15.0. The van der Waals surface area contributed by atoms with Crippen LogP contribution in [0.15, 0.2) is 200 Å². The molecule has 0 N–H and O–H groups in total. The fourth-order valence-electron chi connectivity index (χ4n) is 12.8. The summed E-state index contributed by atoms with van der Waals surface area (Å²) in [5, 5.41) is 0. The largest absolute Gasteiger partial charge is 0.208 e. The lowest BCUT2D eigenvalue weighted by atomic mass is 9.43. The summed E-state index contributed by atoms with van der Waals surface area (Å²) in [6.07, 6.45) is 6.92. The first-order valence-electron chi connectivity index (χ1n) is 23.2. The highest BCUT2D eigenvalue weighted by molar-refractivity contribution is 5.95. The SMILES string of the molecule is c1ccc(-c2ccc(-c3nc(-c4ccc(-c5ccccc5)cc4)nc(-c4cc(-c5ccccc5)cc(-c5cccc6c5-c5ccccc5C65C6CC7CC(C6)CC5C7)c4)n3)cc2)cc1. The minimum atomic E-state index is 0.0966. The molecule has 14 rings (SSSR count). The summed E-state index contributed by atoms with van der Waals surface area (Å²) in [4.78, 5) is 15.9. The molecule has 5 aliphatic rings. The lowest BCUT2D eigenvalue weighted by Gasteiger charge is -2.61. The molecule has 0 atom stereocenters. The Hall–Kier alpha value is -7.23. The molecule has 1 aromatic heterocycles. The maximum absolute atomic E-state index is 5.34. The number of aromatic nitrogens is 3. The van der Waals surface area contributed by atoms with Gasteiger partial charge in [-0.2, -0.15) is 0 Å². The van der Waals surface area contributed by atoms with E-state index >= 15 is 0 Å². The minimum absolute atomic E-state index is 0.0966. The van der Waals surface area contributed by atoms with Crippen molar-refractivity contribution in [2.24, 2.45) is 23.7 Å². The zero-order chi connectivity index (χ0) is 42.2. The van der Waals surface area contributed by atoms with Gasteiger partial charge in [0.05, 0.1) is 0 Å². The molecule has 306 valence electrons. The summed E-state index contributed by atoms with van der Waals surface area (Å²) < 4.78 is 0. The van der Waals surface area contributed by atoms with Crippen LogP contribution in [0, 0.1) is 23.7 Å². The van der Waals surface area contributed by atoms with Gasteiger partial charge in [0.1, 0.15) is 0 Å². The maximum Gasteiger partial charge on any atom is 0.164 e. The first-order chi connectivity index (χ1) is 31.7. The molecule has 5 aliphatic carbocycles. The monoisotopic (exact) mass is 821 g/mol. The summed E-state index contributed by atoms with van der Waals surface area (Å²) in [7, 11) is 0. The second-order valence-electron chi connectivity index (χ2n) is 18.8. The van der Waals surface area contributed by atoms with E-state index < -0.39 is 0 Å². The lowest BCUT2D eigenvalue weighted by Crippen LogP contribution is -2.55. The van der Waals surface area contributed by atoms with Gasteiger partial charge in [-0.1, -0.05) is 182 Å². The fourth-order valence-corrected chi connectivity index (χ4v) is 12.8. The number of nitrogens with zero attached hydrogens (tertiary/aromatic N) is 3. The molecule has 3 heteroatoms. The van der Waals surface area contributed by atoms with Crippen LogP contribution in [0.5, 0.6) is 0 Å². The molecule has 0 unspecified atom stereocenters. The van der Waals surface area contributed by atoms with E-state index in [1.165, 1.54) is 71.0 Å². The standard InChI is InChI=1S/C61H47N3/c1-4-13-41(14-5-1)44-23-27-46(28-24-44)58-62-59(47-29-25-45(26-30-47)42-15-6-2-7-16-42)64-60(63-58)50-37-48(43-17-8-3-9-18-43)36-49(38-50)53-20-12-22-56-57(53)54-19-10-11-21-55(54)61(56)51-32-39-31-40(34-51)35-52(61)33-39/h1-30,36-40,51-52H,31-35H2. The molecule has 1 heterocycles. The van der Waals surface area contributed by atoms with Crippen LogP contribution >= 0.6 is 0 Å². The quantitative estimate of drug-likeness (QED) is 0.161. The average molecular weight is 822 g/mol. The molecule has 4 fully saturated rings. The van der Waals surface area contributed by atoms with Crippen LogP contribution < -0.4 is 0 Å². The molecule has 4 saturated carbocycles. The first kappa shape index (κ1) is 37.3. The van der Waals surface area contributed by atoms with E-state index in [0.717, 1.165) is 45.2 Å². The minimum Gasteiger partial charge on any atom is -0.208 e. The van der Waals surface area contributed by atoms with Crippen molar-refractivity contribution >= 4 is 0 Å². The Morgan fingerprint density at radius 3 is 1.23 bits per heavy atom. The summed E-state index contributed by atoms with van der Waals surface area (Å²) in [5.74, 6) is 5.17. The molecule has 0 aliphatic heterocycles. The molecular weight excluding hydrogens is 775 g/mol. The number of hydrogen-bond acceptors (Lipinski definition) is 3. The molecule has 8 aromatic carbocycles. The van der Waals surface area contributed by atoms with Gasteiger partial charge in [-0.15, -0.1) is 0 Å². The van der Waals surface area contributed by atoms with Crippen molar-refractivity contribution < 1.29 is 0 Å². The van der Waals surface area contributed by atoms with Crippen LogP contribution in [0.25, 0.3) is 89.8 Å². The molecule has 0 radical (unpaired) electrons. The van der Waals surface area contributed by atoms with Crippen LogP contribution in [0.1, 0.15) is 43.2 Å². The van der Waals surface area contributed by atoms with Crippen LogP contribution in [-0.2, 0) is 5.41 Å². The average Bonchev–Trinajstić information content (AvgIpc) is 3.67.